The third-order valence-electron chi connectivity index (χ3n) is 2.38. The minimum absolute atomic E-state index is 0.0751. The van der Waals surface area contributed by atoms with Crippen LogP contribution in [-0.2, 0) is 16.1 Å². The Hall–Kier alpha value is -1.84. The summed E-state index contributed by atoms with van der Waals surface area (Å²) in [4.78, 5) is 22.8. The highest BCUT2D eigenvalue weighted by Gasteiger charge is 2.05. The SMILES string of the molecule is C=C(C)C(=O)OCCn1c(C)cc(C)cc1=O. The van der Waals surface area contributed by atoms with Crippen molar-refractivity contribution in [2.75, 3.05) is 6.61 Å². The maximum Gasteiger partial charge on any atom is 0.333 e. The summed E-state index contributed by atoms with van der Waals surface area (Å²) < 4.78 is 6.53. The first kappa shape index (κ1) is 13.2. The van der Waals surface area contributed by atoms with Gasteiger partial charge >= 0.3 is 5.97 Å². The van der Waals surface area contributed by atoms with Crippen molar-refractivity contribution in [3.05, 3.63) is 45.9 Å². The largest absolute Gasteiger partial charge is 0.460 e. The highest BCUT2D eigenvalue weighted by atomic mass is 16.5. The molecule has 0 bridgehead atoms. The zero-order chi connectivity index (χ0) is 13.0. The van der Waals surface area contributed by atoms with Crippen molar-refractivity contribution < 1.29 is 9.53 Å². The molecule has 1 rings (SSSR count). The van der Waals surface area contributed by atoms with Gasteiger partial charge in [0.15, 0.2) is 0 Å². The molecule has 4 nitrogen and oxygen atoms in total. The minimum atomic E-state index is -0.428. The van der Waals surface area contributed by atoms with Gasteiger partial charge < -0.3 is 9.30 Å². The maximum absolute atomic E-state index is 11.7. The lowest BCUT2D eigenvalue weighted by Crippen LogP contribution is -2.24. The van der Waals surface area contributed by atoms with Gasteiger partial charge in [0.25, 0.3) is 5.56 Å². The third kappa shape index (κ3) is 3.59. The van der Waals surface area contributed by atoms with Gasteiger partial charge in [-0.05, 0) is 32.4 Å². The van der Waals surface area contributed by atoms with Crippen molar-refractivity contribution in [1.29, 1.82) is 0 Å². The lowest BCUT2D eigenvalue weighted by Gasteiger charge is -2.10. The van der Waals surface area contributed by atoms with Crippen LogP contribution < -0.4 is 5.56 Å². The average Bonchev–Trinajstić information content (AvgIpc) is 2.21. The maximum atomic E-state index is 11.7. The van der Waals surface area contributed by atoms with E-state index in [1.54, 1.807) is 17.6 Å². The zero-order valence-electron chi connectivity index (χ0n) is 10.4. The van der Waals surface area contributed by atoms with Crippen molar-refractivity contribution in [2.45, 2.75) is 27.3 Å². The summed E-state index contributed by atoms with van der Waals surface area (Å²) in [5.74, 6) is -0.428. The van der Waals surface area contributed by atoms with Crippen LogP contribution in [0.3, 0.4) is 0 Å². The molecule has 0 saturated carbocycles. The molecule has 0 aliphatic rings. The standard InChI is InChI=1S/C13H17NO3/c1-9(2)13(16)17-6-5-14-11(4)7-10(3)8-12(14)15/h7-8H,1,5-6H2,2-4H3. The molecule has 1 heterocycles. The van der Waals surface area contributed by atoms with Crippen molar-refractivity contribution in [2.24, 2.45) is 0 Å². The van der Waals surface area contributed by atoms with E-state index in [1.807, 2.05) is 19.9 Å². The lowest BCUT2D eigenvalue weighted by molar-refractivity contribution is -0.139. The first-order valence-corrected chi connectivity index (χ1v) is 5.42. The van der Waals surface area contributed by atoms with Crippen LogP contribution in [0.1, 0.15) is 18.2 Å². The Balaban J connectivity index is 2.68. The Morgan fingerprint density at radius 3 is 2.59 bits per heavy atom. The van der Waals surface area contributed by atoms with E-state index in [0.717, 1.165) is 11.3 Å². The molecule has 1 aromatic heterocycles. The number of nitrogens with zero attached hydrogens (tertiary/aromatic N) is 1. The number of ether oxygens (including phenoxy) is 1. The van der Waals surface area contributed by atoms with Crippen LogP contribution >= 0.6 is 0 Å². The summed E-state index contributed by atoms with van der Waals surface area (Å²) >= 11 is 0. The van der Waals surface area contributed by atoms with Gasteiger partial charge in [0.2, 0.25) is 0 Å². The Bertz CT molecular complexity index is 500. The van der Waals surface area contributed by atoms with E-state index in [4.69, 9.17) is 4.74 Å². The Kier molecular flexibility index (Phi) is 4.26. The highest BCUT2D eigenvalue weighted by Crippen LogP contribution is 2.00. The third-order valence-corrected chi connectivity index (χ3v) is 2.38. The van der Waals surface area contributed by atoms with Crippen molar-refractivity contribution in [3.63, 3.8) is 0 Å². The molecule has 92 valence electrons. The highest BCUT2D eigenvalue weighted by molar-refractivity contribution is 5.86. The molecule has 0 fully saturated rings. The average molecular weight is 235 g/mol. The van der Waals surface area contributed by atoms with Crippen molar-refractivity contribution in [3.8, 4) is 0 Å². The quantitative estimate of drug-likeness (QED) is 0.588. The number of hydrogen-bond acceptors (Lipinski definition) is 3. The monoisotopic (exact) mass is 235 g/mol. The van der Waals surface area contributed by atoms with Gasteiger partial charge in [-0.15, -0.1) is 0 Å². The van der Waals surface area contributed by atoms with Gasteiger partial charge in [0.05, 0.1) is 6.54 Å². The second-order valence-electron chi connectivity index (χ2n) is 4.08. The topological polar surface area (TPSA) is 48.3 Å². The molecule has 17 heavy (non-hydrogen) atoms. The Morgan fingerprint density at radius 1 is 1.41 bits per heavy atom. The van der Waals surface area contributed by atoms with E-state index in [9.17, 15) is 9.59 Å². The van der Waals surface area contributed by atoms with E-state index < -0.39 is 5.97 Å². The molecule has 0 saturated heterocycles. The fraction of sp³-hybridized carbons (Fsp3) is 0.385. The van der Waals surface area contributed by atoms with E-state index in [2.05, 4.69) is 6.58 Å². The first-order valence-electron chi connectivity index (χ1n) is 5.42. The molecule has 0 atom stereocenters. The molecular weight excluding hydrogens is 218 g/mol. The summed E-state index contributed by atoms with van der Waals surface area (Å²) in [6.07, 6.45) is 0. The predicted molar refractivity (Wildman–Crippen MR) is 65.9 cm³/mol. The number of aromatic nitrogens is 1. The Labute approximate surface area is 101 Å². The van der Waals surface area contributed by atoms with Crippen LogP contribution in [0.15, 0.2) is 29.1 Å². The molecule has 0 spiro atoms. The molecular formula is C13H17NO3. The summed E-state index contributed by atoms with van der Waals surface area (Å²) in [5.41, 5.74) is 2.08. The predicted octanol–water partition coefficient (Wildman–Crippen LogP) is 1.58. The van der Waals surface area contributed by atoms with Gasteiger partial charge in [-0.1, -0.05) is 6.58 Å². The number of aryl methyl sites for hydroxylation is 2. The molecule has 0 amide bonds. The van der Waals surface area contributed by atoms with Crippen LogP contribution in [0.5, 0.6) is 0 Å². The number of carbonyl (C=O) groups is 1. The normalized spacial score (nSPS) is 10.1. The lowest BCUT2D eigenvalue weighted by atomic mass is 10.2. The fourth-order valence-electron chi connectivity index (χ4n) is 1.53. The second kappa shape index (κ2) is 5.48. The summed E-state index contributed by atoms with van der Waals surface area (Å²) in [7, 11) is 0. The van der Waals surface area contributed by atoms with Crippen molar-refractivity contribution in [1.82, 2.24) is 4.57 Å². The smallest absolute Gasteiger partial charge is 0.333 e. The van der Waals surface area contributed by atoms with Gasteiger partial charge in [-0.3, -0.25) is 4.79 Å². The summed E-state index contributed by atoms with van der Waals surface area (Å²) in [6.45, 7) is 9.35. The summed E-state index contributed by atoms with van der Waals surface area (Å²) in [6, 6.07) is 3.48. The number of rotatable bonds is 4. The zero-order valence-corrected chi connectivity index (χ0v) is 10.4. The van der Waals surface area contributed by atoms with Crippen LogP contribution in [0.25, 0.3) is 0 Å². The first-order chi connectivity index (χ1) is 7.91. The number of esters is 1. The van der Waals surface area contributed by atoms with E-state index >= 15 is 0 Å². The molecule has 0 radical (unpaired) electrons. The number of pyridine rings is 1. The van der Waals surface area contributed by atoms with Crippen LogP contribution in [0, 0.1) is 13.8 Å². The van der Waals surface area contributed by atoms with E-state index in [0.29, 0.717) is 12.1 Å². The molecule has 1 aromatic rings. The minimum Gasteiger partial charge on any atom is -0.460 e. The van der Waals surface area contributed by atoms with Gasteiger partial charge in [0, 0.05) is 17.3 Å². The van der Waals surface area contributed by atoms with Crippen molar-refractivity contribution >= 4 is 5.97 Å². The number of hydrogen-bond donors (Lipinski definition) is 0. The Morgan fingerprint density at radius 2 is 2.06 bits per heavy atom. The second-order valence-corrected chi connectivity index (χ2v) is 4.08. The van der Waals surface area contributed by atoms with Gasteiger partial charge in [0.1, 0.15) is 6.61 Å². The fourth-order valence-corrected chi connectivity index (χ4v) is 1.53. The van der Waals surface area contributed by atoms with Gasteiger partial charge in [-0.2, -0.15) is 0 Å². The number of carbonyl (C=O) groups excluding carboxylic acids is 1. The molecule has 0 aliphatic heterocycles. The van der Waals surface area contributed by atoms with Crippen LogP contribution in [0.4, 0.5) is 0 Å². The van der Waals surface area contributed by atoms with Crippen LogP contribution in [0.2, 0.25) is 0 Å². The van der Waals surface area contributed by atoms with E-state index in [-0.39, 0.29) is 12.2 Å². The summed E-state index contributed by atoms with van der Waals surface area (Å²) in [5, 5.41) is 0. The molecule has 0 aliphatic carbocycles. The molecule has 4 heteroatoms. The molecule has 0 aromatic carbocycles. The molecule has 0 N–H and O–H groups in total. The van der Waals surface area contributed by atoms with Gasteiger partial charge in [-0.25, -0.2) is 4.79 Å². The molecule has 0 unspecified atom stereocenters. The van der Waals surface area contributed by atoms with Crippen LogP contribution in [-0.4, -0.2) is 17.1 Å². The van der Waals surface area contributed by atoms with E-state index in [1.165, 1.54) is 0 Å².